The van der Waals surface area contributed by atoms with Gasteiger partial charge in [0, 0.05) is 41.2 Å². The molecule has 0 aliphatic carbocycles. The van der Waals surface area contributed by atoms with Gasteiger partial charge in [0.25, 0.3) is 0 Å². The van der Waals surface area contributed by atoms with Gasteiger partial charge in [-0.25, -0.2) is 0 Å². The number of benzene rings is 1. The van der Waals surface area contributed by atoms with Crippen LogP contribution in [0, 0.1) is 11.8 Å². The first-order chi connectivity index (χ1) is 11.5. The van der Waals surface area contributed by atoms with Crippen molar-refractivity contribution in [2.75, 3.05) is 5.32 Å². The Morgan fingerprint density at radius 3 is 2.79 bits per heavy atom. The van der Waals surface area contributed by atoms with Gasteiger partial charge in [-0.1, -0.05) is 20.8 Å². The SMILES string of the molecule is CC(C)C[C@H](C)C(=O)Nc1ccc2c(c1)O[C@@H](C)c1cnccc1-2. The first-order valence-electron chi connectivity index (χ1n) is 8.51. The molecule has 0 unspecified atom stereocenters. The highest BCUT2D eigenvalue weighted by Crippen LogP contribution is 2.42. The molecule has 2 atom stereocenters. The van der Waals surface area contributed by atoms with E-state index in [0.717, 1.165) is 34.5 Å². The highest BCUT2D eigenvalue weighted by atomic mass is 16.5. The Morgan fingerprint density at radius 2 is 2.04 bits per heavy atom. The highest BCUT2D eigenvalue weighted by Gasteiger charge is 2.23. The summed E-state index contributed by atoms with van der Waals surface area (Å²) >= 11 is 0. The van der Waals surface area contributed by atoms with Crippen molar-refractivity contribution in [3.8, 4) is 16.9 Å². The van der Waals surface area contributed by atoms with Gasteiger partial charge in [0.05, 0.1) is 0 Å². The van der Waals surface area contributed by atoms with E-state index in [1.54, 1.807) is 6.20 Å². The number of nitrogens with zero attached hydrogens (tertiary/aromatic N) is 1. The van der Waals surface area contributed by atoms with Crippen LogP contribution in [0.4, 0.5) is 5.69 Å². The number of rotatable bonds is 4. The van der Waals surface area contributed by atoms with Crippen molar-refractivity contribution in [1.29, 1.82) is 0 Å². The van der Waals surface area contributed by atoms with Crippen LogP contribution in [0.3, 0.4) is 0 Å². The summed E-state index contributed by atoms with van der Waals surface area (Å²) in [5.74, 6) is 1.35. The minimum atomic E-state index is -0.0491. The Kier molecular flexibility index (Phi) is 4.56. The second-order valence-corrected chi connectivity index (χ2v) is 6.95. The third-order valence-electron chi connectivity index (χ3n) is 4.41. The molecule has 24 heavy (non-hydrogen) atoms. The molecule has 2 aromatic rings. The maximum atomic E-state index is 12.3. The lowest BCUT2D eigenvalue weighted by Crippen LogP contribution is -2.22. The summed E-state index contributed by atoms with van der Waals surface area (Å²) in [7, 11) is 0. The molecule has 1 aliphatic rings. The van der Waals surface area contributed by atoms with E-state index < -0.39 is 0 Å². The lowest BCUT2D eigenvalue weighted by atomic mass is 9.95. The van der Waals surface area contributed by atoms with Crippen LogP contribution in [0.2, 0.25) is 0 Å². The van der Waals surface area contributed by atoms with E-state index in [1.165, 1.54) is 0 Å². The first kappa shape index (κ1) is 16.5. The number of fused-ring (bicyclic) bond motifs is 3. The van der Waals surface area contributed by atoms with E-state index in [1.807, 2.05) is 44.3 Å². The third kappa shape index (κ3) is 3.28. The van der Waals surface area contributed by atoms with E-state index in [-0.39, 0.29) is 17.9 Å². The summed E-state index contributed by atoms with van der Waals surface area (Å²) in [4.78, 5) is 16.5. The number of nitrogens with one attached hydrogen (secondary N) is 1. The van der Waals surface area contributed by atoms with Crippen LogP contribution in [0.25, 0.3) is 11.1 Å². The molecule has 1 N–H and O–H groups in total. The molecule has 0 fully saturated rings. The lowest BCUT2D eigenvalue weighted by Gasteiger charge is -2.26. The molecule has 3 rings (SSSR count). The largest absolute Gasteiger partial charge is 0.485 e. The van der Waals surface area contributed by atoms with Gasteiger partial charge in [0.2, 0.25) is 5.91 Å². The first-order valence-corrected chi connectivity index (χ1v) is 8.51. The van der Waals surface area contributed by atoms with Crippen LogP contribution in [0.1, 0.15) is 45.8 Å². The number of anilines is 1. The number of amides is 1. The molecule has 4 nitrogen and oxygen atoms in total. The van der Waals surface area contributed by atoms with Crippen molar-refractivity contribution in [3.05, 3.63) is 42.2 Å². The van der Waals surface area contributed by atoms with Crippen molar-refractivity contribution in [1.82, 2.24) is 4.98 Å². The predicted molar refractivity (Wildman–Crippen MR) is 96.0 cm³/mol. The van der Waals surface area contributed by atoms with Crippen LogP contribution in [0.15, 0.2) is 36.7 Å². The van der Waals surface area contributed by atoms with E-state index in [2.05, 4.69) is 24.1 Å². The molecule has 126 valence electrons. The summed E-state index contributed by atoms with van der Waals surface area (Å²) in [5, 5.41) is 3.00. The highest BCUT2D eigenvalue weighted by molar-refractivity contribution is 5.93. The Balaban J connectivity index is 1.83. The molecular weight excluding hydrogens is 300 g/mol. The fourth-order valence-corrected chi connectivity index (χ4v) is 3.23. The second-order valence-electron chi connectivity index (χ2n) is 6.95. The normalized spacial score (nSPS) is 16.8. The van der Waals surface area contributed by atoms with Crippen molar-refractivity contribution >= 4 is 11.6 Å². The van der Waals surface area contributed by atoms with E-state index in [4.69, 9.17) is 4.74 Å². The van der Waals surface area contributed by atoms with E-state index in [0.29, 0.717) is 5.92 Å². The van der Waals surface area contributed by atoms with Gasteiger partial charge in [-0.15, -0.1) is 0 Å². The number of hydrogen-bond donors (Lipinski definition) is 1. The van der Waals surface area contributed by atoms with Crippen LogP contribution >= 0.6 is 0 Å². The summed E-state index contributed by atoms with van der Waals surface area (Å²) in [6, 6.07) is 7.86. The molecule has 1 aromatic carbocycles. The standard InChI is InChI=1S/C20H24N2O2/c1-12(2)9-13(3)20(23)22-15-5-6-17-16-7-8-21-11-18(16)14(4)24-19(17)10-15/h5-8,10-14H,9H2,1-4H3,(H,22,23)/t13-,14-/m0/s1. The monoisotopic (exact) mass is 324 g/mol. The van der Waals surface area contributed by atoms with Gasteiger partial charge in [-0.05, 0) is 43.0 Å². The lowest BCUT2D eigenvalue weighted by molar-refractivity contribution is -0.119. The van der Waals surface area contributed by atoms with Crippen molar-refractivity contribution < 1.29 is 9.53 Å². The van der Waals surface area contributed by atoms with Crippen LogP contribution in [0.5, 0.6) is 5.75 Å². The van der Waals surface area contributed by atoms with E-state index in [9.17, 15) is 4.79 Å². The zero-order chi connectivity index (χ0) is 17.3. The zero-order valence-electron chi connectivity index (χ0n) is 14.7. The topological polar surface area (TPSA) is 51.2 Å². The second kappa shape index (κ2) is 6.63. The molecule has 0 radical (unpaired) electrons. The molecule has 4 heteroatoms. The molecule has 0 saturated heterocycles. The average molecular weight is 324 g/mol. The fourth-order valence-electron chi connectivity index (χ4n) is 3.23. The van der Waals surface area contributed by atoms with Crippen LogP contribution in [-0.4, -0.2) is 10.9 Å². The van der Waals surface area contributed by atoms with Crippen molar-refractivity contribution in [2.45, 2.75) is 40.2 Å². The Bertz CT molecular complexity index is 755. The quantitative estimate of drug-likeness (QED) is 0.877. The number of carbonyl (C=O) groups excluding carboxylic acids is 1. The number of carbonyl (C=O) groups is 1. The molecule has 0 saturated carbocycles. The summed E-state index contributed by atoms with van der Waals surface area (Å²) in [6.45, 7) is 8.24. The van der Waals surface area contributed by atoms with Crippen LogP contribution in [-0.2, 0) is 4.79 Å². The van der Waals surface area contributed by atoms with Crippen molar-refractivity contribution in [2.24, 2.45) is 11.8 Å². The Morgan fingerprint density at radius 1 is 1.25 bits per heavy atom. The fraction of sp³-hybridized carbons (Fsp3) is 0.400. The molecule has 1 aliphatic heterocycles. The average Bonchev–Trinajstić information content (AvgIpc) is 2.54. The number of aromatic nitrogens is 1. The molecule has 0 spiro atoms. The minimum absolute atomic E-state index is 0.00678. The van der Waals surface area contributed by atoms with Crippen molar-refractivity contribution in [3.63, 3.8) is 0 Å². The molecule has 1 aromatic heterocycles. The number of hydrogen-bond acceptors (Lipinski definition) is 3. The maximum Gasteiger partial charge on any atom is 0.227 e. The zero-order valence-corrected chi connectivity index (χ0v) is 14.7. The molecule has 2 heterocycles. The summed E-state index contributed by atoms with van der Waals surface area (Å²) in [6.07, 6.45) is 4.48. The summed E-state index contributed by atoms with van der Waals surface area (Å²) in [5.41, 5.74) is 4.05. The van der Waals surface area contributed by atoms with Gasteiger partial charge in [-0.2, -0.15) is 0 Å². The maximum absolute atomic E-state index is 12.3. The predicted octanol–water partition coefficient (Wildman–Crippen LogP) is 4.82. The number of pyridine rings is 1. The number of ether oxygens (including phenoxy) is 1. The molecule has 1 amide bonds. The third-order valence-corrected chi connectivity index (χ3v) is 4.41. The van der Waals surface area contributed by atoms with E-state index >= 15 is 0 Å². The molecule has 0 bridgehead atoms. The summed E-state index contributed by atoms with van der Waals surface area (Å²) < 4.78 is 6.01. The minimum Gasteiger partial charge on any atom is -0.485 e. The van der Waals surface area contributed by atoms with Gasteiger partial charge in [-0.3, -0.25) is 9.78 Å². The van der Waals surface area contributed by atoms with Gasteiger partial charge < -0.3 is 10.1 Å². The smallest absolute Gasteiger partial charge is 0.227 e. The van der Waals surface area contributed by atoms with Gasteiger partial charge in [0.1, 0.15) is 11.9 Å². The van der Waals surface area contributed by atoms with Crippen LogP contribution < -0.4 is 10.1 Å². The molecular formula is C20H24N2O2. The van der Waals surface area contributed by atoms with Gasteiger partial charge in [0.15, 0.2) is 0 Å². The van der Waals surface area contributed by atoms with Gasteiger partial charge >= 0.3 is 0 Å². The Labute approximate surface area is 143 Å². The Hall–Kier alpha value is -2.36.